The quantitative estimate of drug-likeness (QED) is 0.281. The first kappa shape index (κ1) is 31.5. The standard InChI is InChI=1S/C48H51NO2/c1-2-11-32(12-3-1)35-13-8-14-38(31-35)49(36-27-23-33(24-28-36)39-17-9-19-43-41-15-4-6-21-45(41)50-47(39)43)37-29-25-34(26-30-37)40-18-10-20-44-42-16-5-7-22-46(42)51-48(40)44/h2,4,7-8,11-15,18,22-23,25,27-31,33-34,41-43,45-46H,1,3,5-6,9-10,16-17,19-21,24,26H2. The van der Waals surface area contributed by atoms with Gasteiger partial charge in [-0.25, -0.2) is 0 Å². The van der Waals surface area contributed by atoms with Gasteiger partial charge in [-0.05, 0) is 142 Å². The zero-order valence-electron chi connectivity index (χ0n) is 29.9. The molecule has 1 fully saturated rings. The van der Waals surface area contributed by atoms with Gasteiger partial charge >= 0.3 is 0 Å². The summed E-state index contributed by atoms with van der Waals surface area (Å²) in [5, 5.41) is 0. The third-order valence-electron chi connectivity index (χ3n) is 13.1. The van der Waals surface area contributed by atoms with E-state index in [4.69, 9.17) is 9.47 Å². The van der Waals surface area contributed by atoms with Crippen LogP contribution in [0.1, 0.15) is 89.0 Å². The maximum absolute atomic E-state index is 6.77. The Morgan fingerprint density at radius 3 is 2.35 bits per heavy atom. The zero-order chi connectivity index (χ0) is 33.7. The van der Waals surface area contributed by atoms with Crippen LogP contribution in [0.25, 0.3) is 5.57 Å². The minimum Gasteiger partial charge on any atom is -0.494 e. The van der Waals surface area contributed by atoms with Crippen LogP contribution in [0.4, 0.5) is 5.69 Å². The predicted octanol–water partition coefficient (Wildman–Crippen LogP) is 11.9. The molecule has 2 aliphatic heterocycles. The third kappa shape index (κ3) is 5.72. The lowest BCUT2D eigenvalue weighted by Gasteiger charge is -2.33. The highest BCUT2D eigenvalue weighted by molar-refractivity contribution is 5.78. The highest BCUT2D eigenvalue weighted by atomic mass is 16.5. The first-order valence-electron chi connectivity index (χ1n) is 20.2. The highest BCUT2D eigenvalue weighted by Gasteiger charge is 2.44. The van der Waals surface area contributed by atoms with Crippen LogP contribution in [0, 0.1) is 29.6 Å². The van der Waals surface area contributed by atoms with Crippen molar-refractivity contribution >= 4 is 11.3 Å². The molecule has 3 heteroatoms. The van der Waals surface area contributed by atoms with Crippen LogP contribution in [0.3, 0.4) is 0 Å². The Balaban J connectivity index is 0.941. The highest BCUT2D eigenvalue weighted by Crippen LogP contribution is 2.51. The molecular weight excluding hydrogens is 623 g/mol. The molecule has 0 bridgehead atoms. The van der Waals surface area contributed by atoms with Crippen LogP contribution in [-0.2, 0) is 9.47 Å². The van der Waals surface area contributed by atoms with Crippen molar-refractivity contribution in [2.45, 2.75) is 95.7 Å². The second kappa shape index (κ2) is 13.4. The lowest BCUT2D eigenvalue weighted by atomic mass is 9.74. The Labute approximate surface area is 304 Å². The maximum atomic E-state index is 6.77. The predicted molar refractivity (Wildman–Crippen MR) is 208 cm³/mol. The van der Waals surface area contributed by atoms with Gasteiger partial charge in [-0.1, -0.05) is 79.0 Å². The second-order valence-electron chi connectivity index (χ2n) is 16.1. The van der Waals surface area contributed by atoms with E-state index < -0.39 is 0 Å². The number of ether oxygens (including phenoxy) is 2. The molecule has 1 aromatic rings. The second-order valence-corrected chi connectivity index (χ2v) is 16.1. The summed E-state index contributed by atoms with van der Waals surface area (Å²) in [5.41, 5.74) is 10.9. The number of hydrogen-bond donors (Lipinski definition) is 0. The van der Waals surface area contributed by atoms with E-state index in [-0.39, 0.29) is 6.10 Å². The normalized spacial score (nSPS) is 33.3. The monoisotopic (exact) mass is 673 g/mol. The molecule has 1 aromatic carbocycles. The van der Waals surface area contributed by atoms with Gasteiger partial charge < -0.3 is 14.4 Å². The van der Waals surface area contributed by atoms with Crippen molar-refractivity contribution in [3.8, 4) is 0 Å². The molecule has 1 saturated heterocycles. The van der Waals surface area contributed by atoms with E-state index in [1.54, 1.807) is 11.1 Å². The number of benzene rings is 1. The smallest absolute Gasteiger partial charge is 0.123 e. The van der Waals surface area contributed by atoms with Crippen LogP contribution in [0.2, 0.25) is 0 Å². The van der Waals surface area contributed by atoms with Gasteiger partial charge in [0.2, 0.25) is 0 Å². The summed E-state index contributed by atoms with van der Waals surface area (Å²) in [7, 11) is 0. The van der Waals surface area contributed by atoms with E-state index >= 15 is 0 Å². The molecule has 0 N–H and O–H groups in total. The lowest BCUT2D eigenvalue weighted by molar-refractivity contribution is 0.127. The fraction of sp³-hybridized carbons (Fsp3) is 0.417. The molecule has 2 heterocycles. The zero-order valence-corrected chi connectivity index (χ0v) is 29.9. The van der Waals surface area contributed by atoms with Crippen molar-refractivity contribution in [1.29, 1.82) is 0 Å². The first-order chi connectivity index (χ1) is 25.3. The molecule has 7 unspecified atom stereocenters. The number of nitrogens with zero attached hydrogens (tertiary/aromatic N) is 1. The van der Waals surface area contributed by atoms with Gasteiger partial charge in [0, 0.05) is 46.7 Å². The van der Waals surface area contributed by atoms with Crippen LogP contribution in [0.5, 0.6) is 0 Å². The van der Waals surface area contributed by atoms with Crippen molar-refractivity contribution in [3.05, 3.63) is 155 Å². The van der Waals surface area contributed by atoms with Gasteiger partial charge in [-0.15, -0.1) is 0 Å². The number of fused-ring (bicyclic) bond motifs is 5. The average Bonchev–Trinajstić information content (AvgIpc) is 3.78. The SMILES string of the molecule is C1=CC(c2cccc(N(C3=CCC(C4=CCCC5=C4OC4C=CCCC54)C=C3)C3=CCC(C4=C5OC6CCC=CC6C5CCC4)C=C3)c2)=CCC1. The van der Waals surface area contributed by atoms with Crippen molar-refractivity contribution in [2.75, 3.05) is 4.90 Å². The number of hydrogen-bond acceptors (Lipinski definition) is 3. The largest absolute Gasteiger partial charge is 0.494 e. The summed E-state index contributed by atoms with van der Waals surface area (Å²) < 4.78 is 13.4. The molecule has 0 radical (unpaired) electrons. The van der Waals surface area contributed by atoms with Crippen LogP contribution < -0.4 is 4.90 Å². The topological polar surface area (TPSA) is 21.7 Å². The first-order valence-corrected chi connectivity index (χ1v) is 20.2. The minimum atomic E-state index is 0.243. The van der Waals surface area contributed by atoms with Crippen LogP contribution in [-0.4, -0.2) is 12.2 Å². The molecule has 260 valence electrons. The molecule has 0 spiro atoms. The minimum absolute atomic E-state index is 0.243. The van der Waals surface area contributed by atoms with Crippen LogP contribution in [0.15, 0.2) is 149 Å². The average molecular weight is 674 g/mol. The van der Waals surface area contributed by atoms with Crippen molar-refractivity contribution in [3.63, 3.8) is 0 Å². The van der Waals surface area contributed by atoms with Gasteiger partial charge in [-0.3, -0.25) is 0 Å². The van der Waals surface area contributed by atoms with Gasteiger partial charge in [0.15, 0.2) is 0 Å². The van der Waals surface area contributed by atoms with Crippen molar-refractivity contribution in [2.24, 2.45) is 29.6 Å². The number of allylic oxidation sites excluding steroid dienone is 16. The summed E-state index contributed by atoms with van der Waals surface area (Å²) in [6.45, 7) is 0. The Morgan fingerprint density at radius 2 is 1.51 bits per heavy atom. The Morgan fingerprint density at radius 1 is 0.647 bits per heavy atom. The molecule has 51 heavy (non-hydrogen) atoms. The molecule has 3 nitrogen and oxygen atoms in total. The molecule has 0 saturated carbocycles. The summed E-state index contributed by atoms with van der Waals surface area (Å²) in [6.07, 6.45) is 49.3. The Bertz CT molecular complexity index is 1940. The molecule has 9 aliphatic rings. The van der Waals surface area contributed by atoms with Crippen molar-refractivity contribution < 1.29 is 9.47 Å². The van der Waals surface area contributed by atoms with E-state index in [1.807, 2.05) is 0 Å². The van der Waals surface area contributed by atoms with Gasteiger partial charge in [-0.2, -0.15) is 0 Å². The summed E-state index contributed by atoms with van der Waals surface area (Å²) >= 11 is 0. The number of anilines is 1. The molecule has 7 atom stereocenters. The Kier molecular flexibility index (Phi) is 8.27. The molecule has 7 aliphatic carbocycles. The fourth-order valence-electron chi connectivity index (χ4n) is 10.6. The summed E-state index contributed by atoms with van der Waals surface area (Å²) in [5.74, 6) is 5.10. The number of rotatable bonds is 6. The van der Waals surface area contributed by atoms with E-state index in [9.17, 15) is 0 Å². The van der Waals surface area contributed by atoms with E-state index in [1.165, 1.54) is 83.8 Å². The summed E-state index contributed by atoms with van der Waals surface area (Å²) in [6, 6.07) is 9.18. The Hall–Kier alpha value is -4.24. The van der Waals surface area contributed by atoms with Gasteiger partial charge in [0.25, 0.3) is 0 Å². The molecule has 0 amide bonds. The molecule has 10 rings (SSSR count). The fourth-order valence-corrected chi connectivity index (χ4v) is 10.6. The van der Waals surface area contributed by atoms with E-state index in [0.29, 0.717) is 35.7 Å². The van der Waals surface area contributed by atoms with Gasteiger partial charge in [0.1, 0.15) is 23.7 Å². The third-order valence-corrected chi connectivity index (χ3v) is 13.1. The molecule has 0 aromatic heterocycles. The van der Waals surface area contributed by atoms with E-state index in [2.05, 4.69) is 114 Å². The van der Waals surface area contributed by atoms with Crippen molar-refractivity contribution in [1.82, 2.24) is 0 Å². The van der Waals surface area contributed by atoms with E-state index in [0.717, 1.165) is 44.9 Å². The molecular formula is C48H51NO2. The van der Waals surface area contributed by atoms with Crippen LogP contribution >= 0.6 is 0 Å². The lowest BCUT2D eigenvalue weighted by Crippen LogP contribution is -2.24. The van der Waals surface area contributed by atoms with Gasteiger partial charge in [0.05, 0.1) is 0 Å². The summed E-state index contributed by atoms with van der Waals surface area (Å²) in [4.78, 5) is 2.51. The maximum Gasteiger partial charge on any atom is 0.123 e.